The molecular formula is C36H30N6O8S2. The molecule has 6 rings (SSSR count). The van der Waals surface area contributed by atoms with E-state index in [-0.39, 0.29) is 22.2 Å². The Kier molecular flexibility index (Phi) is 9.48. The molecule has 264 valence electrons. The van der Waals surface area contributed by atoms with Crippen LogP contribution in [0.4, 0.5) is 39.8 Å². The molecule has 0 amide bonds. The first kappa shape index (κ1) is 35.6. The van der Waals surface area contributed by atoms with E-state index in [1.54, 1.807) is 31.2 Å². The predicted octanol–water partition coefficient (Wildman–Crippen LogP) is 9.18. The Hall–Kier alpha value is -6.20. The van der Waals surface area contributed by atoms with E-state index >= 15 is 0 Å². The summed E-state index contributed by atoms with van der Waals surface area (Å²) in [6.07, 6.45) is 0. The van der Waals surface area contributed by atoms with Crippen LogP contribution >= 0.6 is 0 Å². The number of nitrogens with zero attached hydrogens (tertiary/aromatic N) is 4. The molecule has 0 aliphatic heterocycles. The number of para-hydroxylation sites is 1. The van der Waals surface area contributed by atoms with Gasteiger partial charge in [0.05, 0.1) is 22.0 Å². The maximum Gasteiger partial charge on any atom is 0.296 e. The molecule has 6 aromatic rings. The number of rotatable bonds is 9. The number of anilines is 3. The molecule has 0 saturated heterocycles. The zero-order valence-electron chi connectivity index (χ0n) is 27.4. The monoisotopic (exact) mass is 738 g/mol. The largest absolute Gasteiger partial charge is 0.508 e. The summed E-state index contributed by atoms with van der Waals surface area (Å²) in [6, 6.07) is 27.8. The summed E-state index contributed by atoms with van der Waals surface area (Å²) in [5.41, 5.74) is 11.1. The van der Waals surface area contributed by atoms with Gasteiger partial charge in [-0.3, -0.25) is 9.11 Å². The van der Waals surface area contributed by atoms with E-state index in [0.29, 0.717) is 28.3 Å². The zero-order valence-corrected chi connectivity index (χ0v) is 29.1. The van der Waals surface area contributed by atoms with Crippen molar-refractivity contribution >= 4 is 70.8 Å². The Labute approximate surface area is 298 Å². The van der Waals surface area contributed by atoms with Gasteiger partial charge in [-0.2, -0.15) is 27.1 Å². The summed E-state index contributed by atoms with van der Waals surface area (Å²) >= 11 is 0. The number of nitrogens with two attached hydrogens (primary N) is 1. The molecule has 7 N–H and O–H groups in total. The van der Waals surface area contributed by atoms with Gasteiger partial charge < -0.3 is 21.3 Å². The number of aryl methyl sites for hydroxylation is 2. The third kappa shape index (κ3) is 7.59. The van der Waals surface area contributed by atoms with Gasteiger partial charge >= 0.3 is 0 Å². The highest BCUT2D eigenvalue weighted by atomic mass is 32.2. The number of nitrogen functional groups attached to an aromatic ring is 1. The number of azo groups is 2. The molecule has 6 aromatic carbocycles. The van der Waals surface area contributed by atoms with Gasteiger partial charge in [-0.25, -0.2) is 0 Å². The van der Waals surface area contributed by atoms with Crippen LogP contribution in [0, 0.1) is 13.8 Å². The zero-order chi connectivity index (χ0) is 37.4. The van der Waals surface area contributed by atoms with Crippen LogP contribution in [0.25, 0.3) is 21.9 Å². The molecule has 0 aromatic heterocycles. The van der Waals surface area contributed by atoms with Gasteiger partial charge in [0.2, 0.25) is 0 Å². The molecule has 0 radical (unpaired) electrons. The van der Waals surface area contributed by atoms with Crippen LogP contribution in [0.15, 0.2) is 133 Å². The van der Waals surface area contributed by atoms with E-state index < -0.39 is 41.5 Å². The second-order valence-corrected chi connectivity index (χ2v) is 14.5. The highest BCUT2D eigenvalue weighted by Crippen LogP contribution is 2.45. The van der Waals surface area contributed by atoms with Crippen LogP contribution in [-0.2, 0) is 20.2 Å². The van der Waals surface area contributed by atoms with E-state index in [0.717, 1.165) is 40.6 Å². The van der Waals surface area contributed by atoms with Crippen molar-refractivity contribution in [1.29, 1.82) is 0 Å². The molecular weight excluding hydrogens is 709 g/mol. The minimum Gasteiger partial charge on any atom is -0.508 e. The minimum absolute atomic E-state index is 0.0831. The third-order valence-electron chi connectivity index (χ3n) is 8.01. The third-order valence-corrected chi connectivity index (χ3v) is 9.71. The number of fused-ring (bicyclic) bond motifs is 1. The van der Waals surface area contributed by atoms with E-state index in [9.17, 15) is 36.2 Å². The fourth-order valence-electron chi connectivity index (χ4n) is 5.43. The van der Waals surface area contributed by atoms with Crippen LogP contribution in [-0.4, -0.2) is 36.2 Å². The molecule has 0 spiro atoms. The van der Waals surface area contributed by atoms with Crippen LogP contribution in [0.1, 0.15) is 11.1 Å². The van der Waals surface area contributed by atoms with Crippen molar-refractivity contribution in [1.82, 2.24) is 0 Å². The molecule has 16 heteroatoms. The van der Waals surface area contributed by atoms with Gasteiger partial charge in [0, 0.05) is 22.8 Å². The Balaban J connectivity index is 1.28. The first-order valence-corrected chi connectivity index (χ1v) is 18.2. The van der Waals surface area contributed by atoms with Gasteiger partial charge in [0.15, 0.2) is 5.75 Å². The lowest BCUT2D eigenvalue weighted by molar-refractivity contribution is 0.472. The molecule has 0 aliphatic carbocycles. The van der Waals surface area contributed by atoms with E-state index in [2.05, 4.69) is 25.8 Å². The first-order chi connectivity index (χ1) is 24.6. The first-order valence-electron chi connectivity index (χ1n) is 15.3. The SMILES string of the molecule is Cc1cc(-c2ccc(N=Nc3c(S(=O)(=O)O)cc4cc(S(=O)(=O)O)cc(N)c4c3O)c(C)c2)ccc1N=Nc1ccc(O)cc1Nc1ccccc1. The maximum atomic E-state index is 12.3. The highest BCUT2D eigenvalue weighted by molar-refractivity contribution is 7.86. The summed E-state index contributed by atoms with van der Waals surface area (Å²) in [6.45, 7) is 3.65. The standard InChI is InChI=1S/C36H30N6O8S2/c1-20-14-22(8-11-29(20)39-41-31-13-10-26(43)18-32(31)38-25-6-4-3-5-7-25)23-9-12-30(21(2)15-23)40-42-35-33(52(48,49)50)17-24-16-27(51(45,46)47)19-28(37)34(24)36(35)44/h3-19,38,43-44H,37H2,1-2H3,(H,45,46,47)(H,48,49,50). The minimum atomic E-state index is -5.00. The van der Waals surface area contributed by atoms with Crippen molar-refractivity contribution in [3.8, 4) is 22.6 Å². The highest BCUT2D eigenvalue weighted by Gasteiger charge is 2.25. The number of phenols is 2. The van der Waals surface area contributed by atoms with Gasteiger partial charge in [0.1, 0.15) is 22.0 Å². The lowest BCUT2D eigenvalue weighted by Gasteiger charge is -2.12. The van der Waals surface area contributed by atoms with Crippen LogP contribution in [0.2, 0.25) is 0 Å². The number of nitrogens with one attached hydrogen (secondary N) is 1. The average molecular weight is 739 g/mol. The molecule has 0 saturated carbocycles. The average Bonchev–Trinajstić information content (AvgIpc) is 3.07. The Bertz CT molecular complexity index is 2670. The van der Waals surface area contributed by atoms with Crippen molar-refractivity contribution < 1.29 is 36.2 Å². The molecule has 0 fully saturated rings. The van der Waals surface area contributed by atoms with Crippen molar-refractivity contribution in [2.75, 3.05) is 11.1 Å². The van der Waals surface area contributed by atoms with Crippen LogP contribution < -0.4 is 11.1 Å². The summed E-state index contributed by atoms with van der Waals surface area (Å²) in [7, 11) is -9.73. The Morgan fingerprint density at radius 3 is 1.79 bits per heavy atom. The molecule has 0 aliphatic rings. The summed E-state index contributed by atoms with van der Waals surface area (Å²) in [4.78, 5) is -1.50. The number of aromatic hydroxyl groups is 2. The summed E-state index contributed by atoms with van der Waals surface area (Å²) < 4.78 is 67.2. The fourth-order valence-corrected chi connectivity index (χ4v) is 6.64. The normalized spacial score (nSPS) is 12.2. The Morgan fingerprint density at radius 2 is 1.21 bits per heavy atom. The predicted molar refractivity (Wildman–Crippen MR) is 197 cm³/mol. The molecule has 0 heterocycles. The van der Waals surface area contributed by atoms with Crippen molar-refractivity contribution in [2.45, 2.75) is 23.6 Å². The lowest BCUT2D eigenvalue weighted by atomic mass is 10.0. The molecule has 52 heavy (non-hydrogen) atoms. The van der Waals surface area contributed by atoms with Crippen LogP contribution in [0.3, 0.4) is 0 Å². The Morgan fingerprint density at radius 1 is 0.635 bits per heavy atom. The second kappa shape index (κ2) is 13.8. The van der Waals surface area contributed by atoms with Gasteiger partial charge in [0.25, 0.3) is 20.2 Å². The van der Waals surface area contributed by atoms with E-state index in [1.807, 2.05) is 61.5 Å². The number of phenolic OH excluding ortho intramolecular Hbond substituents is 2. The molecule has 0 unspecified atom stereocenters. The van der Waals surface area contributed by atoms with Gasteiger partial charge in [-0.15, -0.1) is 10.2 Å². The van der Waals surface area contributed by atoms with Crippen molar-refractivity contribution in [3.63, 3.8) is 0 Å². The smallest absolute Gasteiger partial charge is 0.296 e. The maximum absolute atomic E-state index is 12.3. The van der Waals surface area contributed by atoms with E-state index in [1.165, 1.54) is 6.07 Å². The second-order valence-electron chi connectivity index (χ2n) is 11.7. The van der Waals surface area contributed by atoms with Gasteiger partial charge in [-0.1, -0.05) is 30.3 Å². The molecule has 0 atom stereocenters. The molecule has 14 nitrogen and oxygen atoms in total. The number of hydrogen-bond donors (Lipinski definition) is 6. The topological polar surface area (TPSA) is 237 Å². The van der Waals surface area contributed by atoms with E-state index in [4.69, 9.17) is 5.73 Å². The van der Waals surface area contributed by atoms with Gasteiger partial charge in [-0.05, 0) is 108 Å². The summed E-state index contributed by atoms with van der Waals surface area (Å²) in [5.74, 6) is -0.691. The summed E-state index contributed by atoms with van der Waals surface area (Å²) in [5, 5.41) is 40.9. The van der Waals surface area contributed by atoms with Crippen LogP contribution in [0.5, 0.6) is 11.5 Å². The lowest BCUT2D eigenvalue weighted by Crippen LogP contribution is -2.02. The number of benzene rings is 6. The fraction of sp³-hybridized carbons (Fsp3) is 0.0556. The van der Waals surface area contributed by atoms with Crippen molar-refractivity contribution in [2.24, 2.45) is 20.5 Å². The molecule has 0 bridgehead atoms. The van der Waals surface area contributed by atoms with Crippen molar-refractivity contribution in [3.05, 3.63) is 114 Å². The quantitative estimate of drug-likeness (QED) is 0.0467. The number of hydrogen-bond acceptors (Lipinski definition) is 12.